The molecular weight excluding hydrogens is 412 g/mol. The number of furan rings is 1. The largest absolute Gasteiger partial charge is 0.465 e. The van der Waals surface area contributed by atoms with Crippen LogP contribution < -0.4 is 0 Å². The SMILES string of the molecule is Cc1ccc([C@]2(C(=O)OC3C[C@@H](C)CC[C@@H]3C(C)(C)c3ccccc3)CC(C)(C)CC2=O)o1. The number of ketones is 1. The summed E-state index contributed by atoms with van der Waals surface area (Å²) in [6.45, 7) is 12.6. The zero-order valence-corrected chi connectivity index (χ0v) is 20.9. The molecule has 2 aromatic rings. The monoisotopic (exact) mass is 450 g/mol. The van der Waals surface area contributed by atoms with Crippen LogP contribution in [0, 0.1) is 24.2 Å². The first-order chi connectivity index (χ1) is 15.5. The molecule has 178 valence electrons. The minimum atomic E-state index is -1.35. The van der Waals surface area contributed by atoms with Crippen molar-refractivity contribution in [3.63, 3.8) is 0 Å². The van der Waals surface area contributed by atoms with Gasteiger partial charge in [-0.3, -0.25) is 9.59 Å². The van der Waals surface area contributed by atoms with Crippen LogP contribution in [0.3, 0.4) is 0 Å². The van der Waals surface area contributed by atoms with Gasteiger partial charge in [0.25, 0.3) is 0 Å². The van der Waals surface area contributed by atoms with Crippen molar-refractivity contribution >= 4 is 11.8 Å². The fraction of sp³-hybridized carbons (Fsp3) is 0.586. The molecule has 1 aromatic heterocycles. The van der Waals surface area contributed by atoms with Gasteiger partial charge in [0.2, 0.25) is 0 Å². The minimum absolute atomic E-state index is 0.0884. The van der Waals surface area contributed by atoms with E-state index in [0.717, 1.165) is 19.3 Å². The molecule has 1 heterocycles. The third-order valence-electron chi connectivity index (χ3n) is 8.13. The molecule has 2 aliphatic rings. The maximum Gasteiger partial charge on any atom is 0.327 e. The first-order valence-corrected chi connectivity index (χ1v) is 12.3. The van der Waals surface area contributed by atoms with Crippen LogP contribution in [0.1, 0.15) is 83.8 Å². The van der Waals surface area contributed by atoms with Crippen LogP contribution in [0.5, 0.6) is 0 Å². The Morgan fingerprint density at radius 2 is 1.79 bits per heavy atom. The Bertz CT molecular complexity index is 1020. The highest BCUT2D eigenvalue weighted by atomic mass is 16.5. The average molecular weight is 451 g/mol. The number of rotatable bonds is 5. The van der Waals surface area contributed by atoms with Crippen molar-refractivity contribution in [1.29, 1.82) is 0 Å². The Hall–Kier alpha value is -2.36. The Balaban J connectivity index is 1.68. The lowest BCUT2D eigenvalue weighted by atomic mass is 9.64. The third-order valence-corrected chi connectivity index (χ3v) is 8.13. The van der Waals surface area contributed by atoms with Gasteiger partial charge >= 0.3 is 5.97 Å². The van der Waals surface area contributed by atoms with Crippen molar-refractivity contribution in [3.8, 4) is 0 Å². The molecule has 0 N–H and O–H groups in total. The van der Waals surface area contributed by atoms with E-state index in [1.54, 1.807) is 6.07 Å². The van der Waals surface area contributed by atoms with Crippen molar-refractivity contribution in [1.82, 2.24) is 0 Å². The molecular formula is C29H38O4. The summed E-state index contributed by atoms with van der Waals surface area (Å²) in [6.07, 6.45) is 3.45. The van der Waals surface area contributed by atoms with Gasteiger partial charge in [-0.2, -0.15) is 0 Å². The normalized spacial score (nSPS) is 29.8. The first kappa shape index (κ1) is 23.8. The van der Waals surface area contributed by atoms with Crippen LogP contribution in [0.2, 0.25) is 0 Å². The van der Waals surface area contributed by atoms with Crippen molar-refractivity contribution in [2.24, 2.45) is 17.3 Å². The van der Waals surface area contributed by atoms with Gasteiger partial charge in [0, 0.05) is 12.3 Å². The fourth-order valence-corrected chi connectivity index (χ4v) is 6.24. The van der Waals surface area contributed by atoms with Crippen molar-refractivity contribution < 1.29 is 18.7 Å². The molecule has 4 heteroatoms. The summed E-state index contributed by atoms with van der Waals surface area (Å²) in [6, 6.07) is 14.1. The van der Waals surface area contributed by atoms with Gasteiger partial charge in [-0.05, 0) is 60.6 Å². The van der Waals surface area contributed by atoms with Gasteiger partial charge in [-0.1, -0.05) is 71.4 Å². The van der Waals surface area contributed by atoms with Gasteiger partial charge in [0.1, 0.15) is 17.6 Å². The van der Waals surface area contributed by atoms with E-state index in [0.29, 0.717) is 30.3 Å². The lowest BCUT2D eigenvalue weighted by Crippen LogP contribution is -2.48. The van der Waals surface area contributed by atoms with E-state index >= 15 is 0 Å². The molecule has 0 amide bonds. The van der Waals surface area contributed by atoms with Gasteiger partial charge < -0.3 is 9.15 Å². The van der Waals surface area contributed by atoms with Crippen LogP contribution in [0.15, 0.2) is 46.9 Å². The second-order valence-electron chi connectivity index (χ2n) is 11.8. The molecule has 1 unspecified atom stereocenters. The molecule has 4 rings (SSSR count). The van der Waals surface area contributed by atoms with Crippen LogP contribution in [-0.4, -0.2) is 17.9 Å². The van der Waals surface area contributed by atoms with Gasteiger partial charge in [-0.25, -0.2) is 0 Å². The predicted molar refractivity (Wildman–Crippen MR) is 129 cm³/mol. The molecule has 0 saturated heterocycles. The van der Waals surface area contributed by atoms with Crippen molar-refractivity contribution in [3.05, 3.63) is 59.5 Å². The van der Waals surface area contributed by atoms with Crippen LogP contribution in [0.25, 0.3) is 0 Å². The molecule has 1 aromatic carbocycles. The van der Waals surface area contributed by atoms with Crippen LogP contribution in [0.4, 0.5) is 0 Å². The Morgan fingerprint density at radius 3 is 2.36 bits per heavy atom. The molecule has 0 bridgehead atoms. The topological polar surface area (TPSA) is 56.5 Å². The van der Waals surface area contributed by atoms with E-state index in [1.165, 1.54) is 5.56 Å². The smallest absolute Gasteiger partial charge is 0.327 e. The minimum Gasteiger partial charge on any atom is -0.465 e. The quantitative estimate of drug-likeness (QED) is 0.383. The van der Waals surface area contributed by atoms with Crippen LogP contribution in [-0.2, 0) is 25.2 Å². The van der Waals surface area contributed by atoms with Crippen molar-refractivity contribution in [2.75, 3.05) is 0 Å². The van der Waals surface area contributed by atoms with Crippen molar-refractivity contribution in [2.45, 2.75) is 90.6 Å². The highest BCUT2D eigenvalue weighted by Crippen LogP contribution is 2.51. The lowest BCUT2D eigenvalue weighted by molar-refractivity contribution is -0.166. The summed E-state index contributed by atoms with van der Waals surface area (Å²) >= 11 is 0. The molecule has 0 aliphatic heterocycles. The zero-order chi connectivity index (χ0) is 24.0. The summed E-state index contributed by atoms with van der Waals surface area (Å²) in [4.78, 5) is 27.4. The summed E-state index contributed by atoms with van der Waals surface area (Å²) in [5.74, 6) is 1.27. The average Bonchev–Trinajstić information content (AvgIpc) is 3.28. The third kappa shape index (κ3) is 4.29. The summed E-state index contributed by atoms with van der Waals surface area (Å²) in [5.41, 5.74) is -0.529. The summed E-state index contributed by atoms with van der Waals surface area (Å²) in [5, 5.41) is 0. The van der Waals surface area contributed by atoms with E-state index in [2.05, 4.69) is 45.0 Å². The van der Waals surface area contributed by atoms with E-state index < -0.39 is 11.4 Å². The second kappa shape index (κ2) is 8.45. The van der Waals surface area contributed by atoms with E-state index in [1.807, 2.05) is 32.9 Å². The Morgan fingerprint density at radius 1 is 1.09 bits per heavy atom. The number of esters is 1. The molecule has 0 radical (unpaired) electrons. The zero-order valence-electron chi connectivity index (χ0n) is 20.9. The summed E-state index contributed by atoms with van der Waals surface area (Å²) < 4.78 is 12.3. The maximum absolute atomic E-state index is 14.0. The highest BCUT2D eigenvalue weighted by molar-refractivity contribution is 6.11. The van der Waals surface area contributed by atoms with E-state index in [4.69, 9.17) is 9.15 Å². The standard InChI is InChI=1S/C29H38O4/c1-19-12-14-22(28(5,6)21-10-8-7-9-11-21)23(16-19)33-26(31)29(25-15-13-20(2)32-25)18-27(3,4)17-24(29)30/h7-11,13,15,19,22-23H,12,14,16-18H2,1-6H3/t19-,22-,23?,29-/m0/s1. The Kier molecular flexibility index (Phi) is 6.09. The molecule has 2 saturated carbocycles. The number of ether oxygens (including phenoxy) is 1. The number of hydrogen-bond donors (Lipinski definition) is 0. The second-order valence-corrected chi connectivity index (χ2v) is 11.8. The Labute approximate surface area is 198 Å². The van der Waals surface area contributed by atoms with E-state index in [-0.39, 0.29) is 28.6 Å². The molecule has 2 aliphatic carbocycles. The number of Topliss-reactive ketones (excluding diaryl/α,β-unsaturated/α-hetero) is 1. The highest BCUT2D eigenvalue weighted by Gasteiger charge is 2.60. The first-order valence-electron chi connectivity index (χ1n) is 12.3. The number of carbonyl (C=O) groups excluding carboxylic acids is 2. The van der Waals surface area contributed by atoms with E-state index in [9.17, 15) is 9.59 Å². The molecule has 0 spiro atoms. The maximum atomic E-state index is 14.0. The fourth-order valence-electron chi connectivity index (χ4n) is 6.24. The lowest BCUT2D eigenvalue weighted by Gasteiger charge is -2.44. The number of benzene rings is 1. The van der Waals surface area contributed by atoms with Crippen LogP contribution >= 0.6 is 0 Å². The van der Waals surface area contributed by atoms with Gasteiger partial charge in [0.15, 0.2) is 11.2 Å². The number of aryl methyl sites for hydroxylation is 1. The molecule has 4 atom stereocenters. The number of carbonyl (C=O) groups is 2. The predicted octanol–water partition coefficient (Wildman–Crippen LogP) is 6.54. The van der Waals surface area contributed by atoms with Gasteiger partial charge in [0.05, 0.1) is 0 Å². The number of hydrogen-bond acceptors (Lipinski definition) is 4. The summed E-state index contributed by atoms with van der Waals surface area (Å²) in [7, 11) is 0. The molecule has 4 nitrogen and oxygen atoms in total. The van der Waals surface area contributed by atoms with Gasteiger partial charge in [-0.15, -0.1) is 0 Å². The molecule has 2 fully saturated rings. The molecule has 33 heavy (non-hydrogen) atoms.